The third-order valence-electron chi connectivity index (χ3n) is 2.38. The van der Waals surface area contributed by atoms with Gasteiger partial charge in [0.15, 0.2) is 0 Å². The van der Waals surface area contributed by atoms with Gasteiger partial charge in [-0.3, -0.25) is 9.59 Å². The highest BCUT2D eigenvalue weighted by Gasteiger charge is 2.14. The Morgan fingerprint density at radius 1 is 1.17 bits per heavy atom. The van der Waals surface area contributed by atoms with Crippen LogP contribution in [0.5, 0.6) is 0 Å². The molecule has 104 valence electrons. The Kier molecular flexibility index (Phi) is 8.82. The van der Waals surface area contributed by atoms with Crippen LogP contribution in [0.25, 0.3) is 0 Å². The van der Waals surface area contributed by atoms with Gasteiger partial charge < -0.3 is 14.6 Å². The van der Waals surface area contributed by atoms with Crippen molar-refractivity contribution >= 4 is 17.7 Å². The van der Waals surface area contributed by atoms with Gasteiger partial charge in [0, 0.05) is 13.0 Å². The van der Waals surface area contributed by atoms with Gasteiger partial charge in [0.25, 0.3) is 0 Å². The summed E-state index contributed by atoms with van der Waals surface area (Å²) in [5.74, 6) is -2.63. The van der Waals surface area contributed by atoms with Gasteiger partial charge in [-0.05, 0) is 5.92 Å². The molecule has 1 atom stereocenters. The molecule has 0 aliphatic rings. The number of aliphatic carboxylic acids is 1. The van der Waals surface area contributed by atoms with E-state index in [0.717, 1.165) is 6.42 Å². The van der Waals surface area contributed by atoms with Crippen LogP contribution >= 0.6 is 0 Å². The number of carbonyl (C=O) groups excluding carboxylic acids is 2. The average molecular weight is 260 g/mol. The Bertz CT molecular complexity index is 286. The first-order valence-corrected chi connectivity index (χ1v) is 5.96. The molecule has 6 nitrogen and oxygen atoms in total. The fourth-order valence-electron chi connectivity index (χ4n) is 1.01. The Morgan fingerprint density at radius 2 is 1.83 bits per heavy atom. The highest BCUT2D eigenvalue weighted by atomic mass is 16.6. The summed E-state index contributed by atoms with van der Waals surface area (Å²) in [7, 11) is 0. The lowest BCUT2D eigenvalue weighted by Gasteiger charge is -2.09. The maximum Gasteiger partial charge on any atom is 0.372 e. The first-order valence-electron chi connectivity index (χ1n) is 5.96. The van der Waals surface area contributed by atoms with Crippen molar-refractivity contribution in [2.45, 2.75) is 33.1 Å². The smallest absolute Gasteiger partial charge is 0.372 e. The Balaban J connectivity index is 3.48. The van der Waals surface area contributed by atoms with E-state index in [0.29, 0.717) is 19.1 Å². The summed E-state index contributed by atoms with van der Waals surface area (Å²) in [6.07, 6.45) is 0.482. The molecule has 1 N–H and O–H groups in total. The highest BCUT2D eigenvalue weighted by molar-refractivity contribution is 6.32. The van der Waals surface area contributed by atoms with Crippen LogP contribution < -0.4 is 0 Å². The molecule has 0 rings (SSSR count). The number of carboxylic acids is 1. The maximum absolute atomic E-state index is 11.1. The van der Waals surface area contributed by atoms with Gasteiger partial charge in [0.2, 0.25) is 5.78 Å². The van der Waals surface area contributed by atoms with Crippen molar-refractivity contribution in [3.05, 3.63) is 0 Å². The van der Waals surface area contributed by atoms with Crippen LogP contribution in [0.3, 0.4) is 0 Å². The fraction of sp³-hybridized carbons (Fsp3) is 0.750. The van der Waals surface area contributed by atoms with Gasteiger partial charge in [-0.2, -0.15) is 0 Å². The highest BCUT2D eigenvalue weighted by Crippen LogP contribution is 2.00. The Morgan fingerprint density at radius 3 is 2.39 bits per heavy atom. The lowest BCUT2D eigenvalue weighted by Crippen LogP contribution is -2.17. The summed E-state index contributed by atoms with van der Waals surface area (Å²) in [5.41, 5.74) is 0. The number of ether oxygens (including phenoxy) is 2. The van der Waals surface area contributed by atoms with Crippen LogP contribution in [-0.2, 0) is 23.9 Å². The second-order valence-electron chi connectivity index (χ2n) is 4.04. The van der Waals surface area contributed by atoms with E-state index in [1.54, 1.807) is 0 Å². The number of rotatable bonds is 10. The SMILES string of the molecule is CCC(C)COCCOC(=O)CCC(=O)C(=O)O. The van der Waals surface area contributed by atoms with Crippen LogP contribution in [0.15, 0.2) is 0 Å². The van der Waals surface area contributed by atoms with Crippen LogP contribution in [0.4, 0.5) is 0 Å². The first-order chi connectivity index (χ1) is 8.47. The zero-order valence-corrected chi connectivity index (χ0v) is 10.8. The van der Waals surface area contributed by atoms with Crippen molar-refractivity contribution < 1.29 is 29.0 Å². The third kappa shape index (κ3) is 8.69. The average Bonchev–Trinajstić information content (AvgIpc) is 2.34. The molecule has 0 heterocycles. The molecule has 0 aliphatic heterocycles. The van der Waals surface area contributed by atoms with Crippen LogP contribution in [-0.4, -0.2) is 42.6 Å². The van der Waals surface area contributed by atoms with Gasteiger partial charge in [-0.1, -0.05) is 20.3 Å². The van der Waals surface area contributed by atoms with Crippen molar-refractivity contribution in [2.75, 3.05) is 19.8 Å². The van der Waals surface area contributed by atoms with E-state index in [2.05, 4.69) is 13.8 Å². The summed E-state index contributed by atoms with van der Waals surface area (Å²) in [5, 5.41) is 8.29. The maximum atomic E-state index is 11.1. The predicted molar refractivity (Wildman–Crippen MR) is 63.1 cm³/mol. The van der Waals surface area contributed by atoms with Crippen molar-refractivity contribution in [2.24, 2.45) is 5.92 Å². The van der Waals surface area contributed by atoms with Gasteiger partial charge in [-0.15, -0.1) is 0 Å². The number of hydrogen-bond donors (Lipinski definition) is 1. The first kappa shape index (κ1) is 16.6. The molecule has 0 bridgehead atoms. The van der Waals surface area contributed by atoms with Crippen molar-refractivity contribution in [3.8, 4) is 0 Å². The molecular formula is C12H20O6. The minimum atomic E-state index is -1.53. The van der Waals surface area contributed by atoms with Crippen LogP contribution in [0.1, 0.15) is 33.1 Å². The topological polar surface area (TPSA) is 89.9 Å². The number of ketones is 1. The zero-order chi connectivity index (χ0) is 14.0. The summed E-state index contributed by atoms with van der Waals surface area (Å²) in [6.45, 7) is 5.17. The molecule has 0 spiro atoms. The summed E-state index contributed by atoms with van der Waals surface area (Å²) < 4.78 is 10.0. The van der Waals surface area contributed by atoms with Gasteiger partial charge >= 0.3 is 11.9 Å². The molecule has 0 saturated heterocycles. The summed E-state index contributed by atoms with van der Waals surface area (Å²) in [6, 6.07) is 0. The lowest BCUT2D eigenvalue weighted by molar-refractivity contribution is -0.151. The second kappa shape index (κ2) is 9.58. The van der Waals surface area contributed by atoms with Crippen molar-refractivity contribution in [1.82, 2.24) is 0 Å². The van der Waals surface area contributed by atoms with E-state index < -0.39 is 17.7 Å². The van der Waals surface area contributed by atoms with E-state index in [-0.39, 0.29) is 19.4 Å². The lowest BCUT2D eigenvalue weighted by atomic mass is 10.1. The summed E-state index contributed by atoms with van der Waals surface area (Å²) in [4.78, 5) is 32.0. The van der Waals surface area contributed by atoms with Gasteiger partial charge in [0.05, 0.1) is 13.0 Å². The molecule has 1 unspecified atom stereocenters. The molecule has 6 heteroatoms. The molecule has 0 fully saturated rings. The van der Waals surface area contributed by atoms with E-state index in [4.69, 9.17) is 14.6 Å². The number of esters is 1. The molecule has 0 aromatic heterocycles. The standard InChI is InChI=1S/C12H20O6/c1-3-9(2)8-17-6-7-18-11(14)5-4-10(13)12(15)16/h9H,3-8H2,1-2H3,(H,15,16). The largest absolute Gasteiger partial charge is 0.476 e. The van der Waals surface area contributed by atoms with Gasteiger partial charge in [-0.25, -0.2) is 4.79 Å². The zero-order valence-electron chi connectivity index (χ0n) is 10.8. The minimum absolute atomic E-state index is 0.122. The predicted octanol–water partition coefficient (Wildman–Crippen LogP) is 1.03. The number of Topliss-reactive ketones (excluding diaryl/α,β-unsaturated/α-hetero) is 1. The minimum Gasteiger partial charge on any atom is -0.476 e. The van der Waals surface area contributed by atoms with Crippen molar-refractivity contribution in [1.29, 1.82) is 0 Å². The molecule has 0 aromatic carbocycles. The Hall–Kier alpha value is -1.43. The van der Waals surface area contributed by atoms with Crippen LogP contribution in [0.2, 0.25) is 0 Å². The quantitative estimate of drug-likeness (QED) is 0.358. The van der Waals surface area contributed by atoms with Crippen molar-refractivity contribution in [3.63, 3.8) is 0 Å². The number of carboxylic acid groups (broad SMARTS) is 1. The molecule has 18 heavy (non-hydrogen) atoms. The summed E-state index contributed by atoms with van der Waals surface area (Å²) >= 11 is 0. The van der Waals surface area contributed by atoms with Gasteiger partial charge in [0.1, 0.15) is 6.61 Å². The number of hydrogen-bond acceptors (Lipinski definition) is 5. The fourth-order valence-corrected chi connectivity index (χ4v) is 1.01. The molecule has 0 aromatic rings. The van der Waals surface area contributed by atoms with E-state index in [1.165, 1.54) is 0 Å². The molecular weight excluding hydrogens is 240 g/mol. The molecule has 0 radical (unpaired) electrons. The normalized spacial score (nSPS) is 11.9. The van der Waals surface area contributed by atoms with Crippen LogP contribution in [0, 0.1) is 5.92 Å². The Labute approximate surface area is 106 Å². The van der Waals surface area contributed by atoms with E-state index in [1.807, 2.05) is 0 Å². The third-order valence-corrected chi connectivity index (χ3v) is 2.38. The molecule has 0 aliphatic carbocycles. The van der Waals surface area contributed by atoms with E-state index in [9.17, 15) is 14.4 Å². The monoisotopic (exact) mass is 260 g/mol. The van der Waals surface area contributed by atoms with E-state index >= 15 is 0 Å². The molecule has 0 amide bonds. The molecule has 0 saturated carbocycles. The number of carbonyl (C=O) groups is 3. The second-order valence-corrected chi connectivity index (χ2v) is 4.04.